The molecule has 0 spiro atoms. The van der Waals surface area contributed by atoms with Crippen molar-refractivity contribution in [3.63, 3.8) is 0 Å². The fraction of sp³-hybridized carbons (Fsp3) is 0.708. The molecule has 2 heterocycles. The van der Waals surface area contributed by atoms with Gasteiger partial charge in [0.25, 0.3) is 5.91 Å². The van der Waals surface area contributed by atoms with Crippen molar-refractivity contribution in [1.82, 2.24) is 9.80 Å². The minimum atomic E-state index is -0.482. The van der Waals surface area contributed by atoms with E-state index in [0.29, 0.717) is 25.8 Å². The first-order valence-electron chi connectivity index (χ1n) is 11.8. The maximum atomic E-state index is 13.2. The molecule has 0 aromatic heterocycles. The Balaban J connectivity index is 1.26. The number of hydrogen-bond donors (Lipinski definition) is 1. The molecule has 1 amide bonds. The number of anilines is 1. The van der Waals surface area contributed by atoms with Gasteiger partial charge in [0.05, 0.1) is 30.1 Å². The number of para-hydroxylation sites is 1. The second-order valence-corrected chi connectivity index (χ2v) is 9.21. The molecule has 6 nitrogen and oxygen atoms in total. The molecule has 1 aromatic rings. The minimum Gasteiger partial charge on any atom is -0.389 e. The van der Waals surface area contributed by atoms with Gasteiger partial charge in [-0.25, -0.2) is 0 Å². The van der Waals surface area contributed by atoms with Crippen LogP contribution in [-0.2, 0) is 11.2 Å². The van der Waals surface area contributed by atoms with Gasteiger partial charge in [-0.15, -0.1) is 0 Å². The molecule has 166 valence electrons. The maximum absolute atomic E-state index is 13.2. The molecule has 4 rings (SSSR count). The number of aliphatic hydroxyl groups is 1. The lowest BCUT2D eigenvalue weighted by molar-refractivity contribution is -0.0316. The quantitative estimate of drug-likeness (QED) is 0.707. The monoisotopic (exact) mass is 415 g/mol. The standard InChI is InChI=1S/C24H37N3O3/c1-25(17-20(28)18-30-21-9-3-2-4-10-21)13-14-27-16-15-26-12-6-8-19-7-5-11-22(23(19)26)24(27)29/h5,7,11,20-21,28H,2-4,6,8-10,12-18H2,1H3. The zero-order valence-electron chi connectivity index (χ0n) is 18.4. The average molecular weight is 416 g/mol. The van der Waals surface area contributed by atoms with Gasteiger partial charge in [-0.05, 0) is 44.4 Å². The summed E-state index contributed by atoms with van der Waals surface area (Å²) in [6.45, 7) is 5.11. The molecule has 1 atom stereocenters. The van der Waals surface area contributed by atoms with Gasteiger partial charge in [-0.2, -0.15) is 0 Å². The van der Waals surface area contributed by atoms with Crippen LogP contribution in [0.3, 0.4) is 0 Å². The van der Waals surface area contributed by atoms with Crippen LogP contribution in [0, 0.1) is 0 Å². The van der Waals surface area contributed by atoms with Crippen LogP contribution < -0.4 is 4.90 Å². The number of likely N-dealkylation sites (N-methyl/N-ethyl adjacent to an activating group) is 1. The predicted molar refractivity (Wildman–Crippen MR) is 119 cm³/mol. The first-order valence-corrected chi connectivity index (χ1v) is 11.8. The van der Waals surface area contributed by atoms with Crippen LogP contribution in [-0.4, -0.2) is 85.9 Å². The minimum absolute atomic E-state index is 0.144. The Bertz CT molecular complexity index is 720. The number of nitrogens with zero attached hydrogens (tertiary/aromatic N) is 3. The topological polar surface area (TPSA) is 56.2 Å². The third-order valence-corrected chi connectivity index (χ3v) is 6.82. The van der Waals surface area contributed by atoms with Crippen LogP contribution in [0.4, 0.5) is 5.69 Å². The van der Waals surface area contributed by atoms with Crippen LogP contribution in [0.25, 0.3) is 0 Å². The zero-order valence-corrected chi connectivity index (χ0v) is 18.4. The Morgan fingerprint density at radius 1 is 1.17 bits per heavy atom. The normalized spacial score (nSPS) is 21.0. The van der Waals surface area contributed by atoms with Gasteiger partial charge < -0.3 is 24.5 Å². The summed E-state index contributed by atoms with van der Waals surface area (Å²) in [5, 5.41) is 10.4. The number of benzene rings is 1. The van der Waals surface area contributed by atoms with Crippen molar-refractivity contribution in [2.45, 2.75) is 57.2 Å². The van der Waals surface area contributed by atoms with Gasteiger partial charge >= 0.3 is 0 Å². The van der Waals surface area contributed by atoms with Crippen LogP contribution >= 0.6 is 0 Å². The summed E-state index contributed by atoms with van der Waals surface area (Å²) < 4.78 is 5.91. The van der Waals surface area contributed by atoms with Crippen LogP contribution in [0.1, 0.15) is 54.4 Å². The van der Waals surface area contributed by atoms with Crippen molar-refractivity contribution in [3.8, 4) is 0 Å². The number of carbonyl (C=O) groups excluding carboxylic acids is 1. The molecule has 3 aliphatic rings. The summed E-state index contributed by atoms with van der Waals surface area (Å²) in [6.07, 6.45) is 8.11. The number of aryl methyl sites for hydroxylation is 1. The summed E-state index contributed by atoms with van der Waals surface area (Å²) in [4.78, 5) is 19.7. The average Bonchev–Trinajstić information content (AvgIpc) is 2.90. The highest BCUT2D eigenvalue weighted by Gasteiger charge is 2.29. The van der Waals surface area contributed by atoms with E-state index in [-0.39, 0.29) is 5.91 Å². The number of rotatable bonds is 8. The molecule has 1 aliphatic carbocycles. The fourth-order valence-corrected chi connectivity index (χ4v) is 5.14. The number of ether oxygens (including phenoxy) is 1. The lowest BCUT2D eigenvalue weighted by Crippen LogP contribution is -2.42. The Hall–Kier alpha value is -1.63. The molecule has 1 N–H and O–H groups in total. The third-order valence-electron chi connectivity index (χ3n) is 6.82. The molecule has 1 fully saturated rings. The Kier molecular flexibility index (Phi) is 7.28. The summed E-state index contributed by atoms with van der Waals surface area (Å²) >= 11 is 0. The molecular formula is C24H37N3O3. The highest BCUT2D eigenvalue weighted by molar-refractivity contribution is 6.01. The second kappa shape index (κ2) is 10.1. The molecule has 0 radical (unpaired) electrons. The number of aliphatic hydroxyl groups excluding tert-OH is 1. The van der Waals surface area contributed by atoms with Crippen molar-refractivity contribution in [3.05, 3.63) is 29.3 Å². The van der Waals surface area contributed by atoms with Gasteiger partial charge in [-0.1, -0.05) is 31.4 Å². The molecule has 1 aromatic carbocycles. The molecule has 0 saturated heterocycles. The predicted octanol–water partition coefficient (Wildman–Crippen LogP) is 2.54. The molecule has 30 heavy (non-hydrogen) atoms. The van der Waals surface area contributed by atoms with E-state index < -0.39 is 6.10 Å². The molecule has 1 saturated carbocycles. The third kappa shape index (κ3) is 5.16. The molecule has 6 heteroatoms. The Labute approximate surface area is 180 Å². The largest absolute Gasteiger partial charge is 0.389 e. The molecule has 2 aliphatic heterocycles. The SMILES string of the molecule is CN(CCN1CCN2CCCc3cccc(c32)C1=O)CC(O)COC1CCCCC1. The Morgan fingerprint density at radius 3 is 2.83 bits per heavy atom. The van der Waals surface area contributed by atoms with Crippen molar-refractivity contribution in [1.29, 1.82) is 0 Å². The second-order valence-electron chi connectivity index (χ2n) is 9.21. The van der Waals surface area contributed by atoms with Gasteiger partial charge in [0.15, 0.2) is 0 Å². The van der Waals surface area contributed by atoms with E-state index >= 15 is 0 Å². The maximum Gasteiger partial charge on any atom is 0.256 e. The van der Waals surface area contributed by atoms with Crippen LogP contribution in [0.2, 0.25) is 0 Å². The smallest absolute Gasteiger partial charge is 0.256 e. The Morgan fingerprint density at radius 2 is 2.00 bits per heavy atom. The van der Waals surface area contributed by atoms with Crippen molar-refractivity contribution in [2.75, 3.05) is 57.8 Å². The number of amides is 1. The van der Waals surface area contributed by atoms with Gasteiger partial charge in [0, 0.05) is 39.3 Å². The number of carbonyl (C=O) groups is 1. The first kappa shape index (κ1) is 21.6. The highest BCUT2D eigenvalue weighted by atomic mass is 16.5. The van der Waals surface area contributed by atoms with Crippen LogP contribution in [0.5, 0.6) is 0 Å². The van der Waals surface area contributed by atoms with Crippen molar-refractivity contribution >= 4 is 11.6 Å². The van der Waals surface area contributed by atoms with E-state index in [2.05, 4.69) is 15.9 Å². The zero-order chi connectivity index (χ0) is 20.9. The number of hydrogen-bond acceptors (Lipinski definition) is 5. The molecule has 0 bridgehead atoms. The van der Waals surface area contributed by atoms with Gasteiger partial charge in [0.1, 0.15) is 0 Å². The highest BCUT2D eigenvalue weighted by Crippen LogP contribution is 2.33. The summed E-state index contributed by atoms with van der Waals surface area (Å²) in [5.74, 6) is 0.144. The summed E-state index contributed by atoms with van der Waals surface area (Å²) in [7, 11) is 2.01. The molecular weight excluding hydrogens is 378 g/mol. The first-order chi connectivity index (χ1) is 14.6. The summed E-state index contributed by atoms with van der Waals surface area (Å²) in [5.41, 5.74) is 3.33. The van der Waals surface area contributed by atoms with Gasteiger partial charge in [0.2, 0.25) is 0 Å². The van der Waals surface area contributed by atoms with E-state index in [0.717, 1.165) is 57.4 Å². The summed E-state index contributed by atoms with van der Waals surface area (Å²) in [6, 6.07) is 6.17. The fourth-order valence-electron chi connectivity index (χ4n) is 5.14. The van der Waals surface area contributed by atoms with E-state index in [1.807, 2.05) is 24.1 Å². The van der Waals surface area contributed by atoms with Crippen molar-refractivity contribution in [2.24, 2.45) is 0 Å². The van der Waals surface area contributed by atoms with Crippen LogP contribution in [0.15, 0.2) is 18.2 Å². The molecule has 1 unspecified atom stereocenters. The lowest BCUT2D eigenvalue weighted by atomic mass is 9.97. The van der Waals surface area contributed by atoms with Gasteiger partial charge in [-0.3, -0.25) is 4.79 Å². The van der Waals surface area contributed by atoms with E-state index in [9.17, 15) is 9.90 Å². The van der Waals surface area contributed by atoms with E-state index in [1.54, 1.807) is 0 Å². The van der Waals surface area contributed by atoms with E-state index in [4.69, 9.17) is 4.74 Å². The lowest BCUT2D eigenvalue weighted by Gasteiger charge is -2.30. The van der Waals surface area contributed by atoms with Crippen molar-refractivity contribution < 1.29 is 14.6 Å². The van der Waals surface area contributed by atoms with E-state index in [1.165, 1.54) is 30.5 Å².